The molecule has 29 heavy (non-hydrogen) atoms. The molecular weight excluding hydrogens is 373 g/mol. The fraction of sp³-hybridized carbons (Fsp3) is 0.318. The summed E-state index contributed by atoms with van der Waals surface area (Å²) in [5, 5.41) is 2.69. The van der Waals surface area contributed by atoms with Crippen LogP contribution in [0.1, 0.15) is 18.1 Å². The summed E-state index contributed by atoms with van der Waals surface area (Å²) in [5.74, 6) is -2.34. The number of nitrogens with zero attached hydrogens (tertiary/aromatic N) is 2. The molecule has 1 fully saturated rings. The van der Waals surface area contributed by atoms with E-state index in [0.717, 1.165) is 11.1 Å². The Kier molecular flexibility index (Phi) is 6.26. The van der Waals surface area contributed by atoms with Crippen molar-refractivity contribution in [3.63, 3.8) is 0 Å². The van der Waals surface area contributed by atoms with Gasteiger partial charge in [0.1, 0.15) is 5.82 Å². The van der Waals surface area contributed by atoms with Crippen molar-refractivity contribution in [2.45, 2.75) is 20.4 Å². The largest absolute Gasteiger partial charge is 0.332 e. The maximum absolute atomic E-state index is 13.0. The number of piperazine rings is 1. The maximum Gasteiger partial charge on any atom is 0.312 e. The first-order chi connectivity index (χ1) is 13.8. The van der Waals surface area contributed by atoms with Crippen LogP contribution in [0.3, 0.4) is 0 Å². The third kappa shape index (κ3) is 5.19. The summed E-state index contributed by atoms with van der Waals surface area (Å²) >= 11 is 0. The highest BCUT2D eigenvalue weighted by molar-refractivity contribution is 6.35. The van der Waals surface area contributed by atoms with Gasteiger partial charge < -0.3 is 15.1 Å². The quantitative estimate of drug-likeness (QED) is 0.762. The molecule has 0 aromatic heterocycles. The molecule has 0 radical (unpaired) electrons. The molecule has 6 nitrogen and oxygen atoms in total. The predicted octanol–water partition coefficient (Wildman–Crippen LogP) is 2.58. The van der Waals surface area contributed by atoms with Crippen LogP contribution in [-0.4, -0.2) is 47.2 Å². The molecule has 152 valence electrons. The first-order valence-corrected chi connectivity index (χ1v) is 9.53. The van der Waals surface area contributed by atoms with Crippen molar-refractivity contribution in [3.05, 3.63) is 65.5 Å². The van der Waals surface area contributed by atoms with E-state index < -0.39 is 17.7 Å². The third-order valence-corrected chi connectivity index (χ3v) is 4.94. The van der Waals surface area contributed by atoms with Crippen LogP contribution >= 0.6 is 0 Å². The van der Waals surface area contributed by atoms with Crippen LogP contribution in [0.15, 0.2) is 48.5 Å². The number of carbonyl (C=O) groups excluding carboxylic acids is 3. The van der Waals surface area contributed by atoms with Gasteiger partial charge in [-0.15, -0.1) is 0 Å². The Morgan fingerprint density at radius 3 is 2.24 bits per heavy atom. The van der Waals surface area contributed by atoms with Gasteiger partial charge in [0.15, 0.2) is 0 Å². The van der Waals surface area contributed by atoms with Crippen LogP contribution in [0.5, 0.6) is 0 Å². The lowest BCUT2D eigenvalue weighted by Crippen LogP contribution is -2.55. The Bertz CT molecular complexity index is 897. The van der Waals surface area contributed by atoms with Crippen molar-refractivity contribution in [3.8, 4) is 0 Å². The first kappa shape index (κ1) is 20.5. The molecule has 3 amide bonds. The highest BCUT2D eigenvalue weighted by Crippen LogP contribution is 2.15. The van der Waals surface area contributed by atoms with Gasteiger partial charge in [-0.05, 0) is 36.8 Å². The van der Waals surface area contributed by atoms with E-state index in [-0.39, 0.29) is 18.3 Å². The zero-order valence-electron chi connectivity index (χ0n) is 16.5. The van der Waals surface area contributed by atoms with Gasteiger partial charge in [0.05, 0.1) is 5.92 Å². The Hall–Kier alpha value is -3.22. The number of anilines is 1. The van der Waals surface area contributed by atoms with Gasteiger partial charge in [0.2, 0.25) is 5.91 Å². The summed E-state index contributed by atoms with van der Waals surface area (Å²) in [7, 11) is 0. The lowest BCUT2D eigenvalue weighted by molar-refractivity contribution is -0.157. The molecule has 1 aliphatic heterocycles. The van der Waals surface area contributed by atoms with Crippen LogP contribution in [-0.2, 0) is 20.9 Å². The lowest BCUT2D eigenvalue weighted by Gasteiger charge is -2.34. The number of nitrogens with one attached hydrogen (secondary N) is 1. The minimum absolute atomic E-state index is 0.149. The number of benzene rings is 2. The number of rotatable bonds is 6. The SMILES string of the molecule is Cc1ccc(CN2CCN(CC(C)C(=O)Nc3ccc(F)cc3)C(=O)C2=O)cc1. The van der Waals surface area contributed by atoms with Gasteiger partial charge in [-0.3, -0.25) is 14.4 Å². The van der Waals surface area contributed by atoms with Crippen molar-refractivity contribution in [2.24, 2.45) is 5.92 Å². The Morgan fingerprint density at radius 2 is 1.59 bits per heavy atom. The number of aryl methyl sites for hydroxylation is 1. The highest BCUT2D eigenvalue weighted by Gasteiger charge is 2.33. The van der Waals surface area contributed by atoms with E-state index in [9.17, 15) is 18.8 Å². The van der Waals surface area contributed by atoms with Gasteiger partial charge in [-0.25, -0.2) is 4.39 Å². The first-order valence-electron chi connectivity index (χ1n) is 9.53. The molecule has 0 saturated carbocycles. The van der Waals surface area contributed by atoms with E-state index in [1.165, 1.54) is 34.1 Å². The molecule has 2 aromatic carbocycles. The summed E-state index contributed by atoms with van der Waals surface area (Å²) in [4.78, 5) is 40.3. The normalized spacial score (nSPS) is 15.4. The van der Waals surface area contributed by atoms with E-state index in [2.05, 4.69) is 5.32 Å². The Morgan fingerprint density at radius 1 is 1.00 bits per heavy atom. The Balaban J connectivity index is 1.54. The highest BCUT2D eigenvalue weighted by atomic mass is 19.1. The van der Waals surface area contributed by atoms with Crippen molar-refractivity contribution >= 4 is 23.4 Å². The van der Waals surface area contributed by atoms with Crippen LogP contribution in [0.2, 0.25) is 0 Å². The molecule has 1 N–H and O–H groups in total. The van der Waals surface area contributed by atoms with E-state index in [4.69, 9.17) is 0 Å². The molecule has 2 aromatic rings. The van der Waals surface area contributed by atoms with Crippen LogP contribution < -0.4 is 5.32 Å². The minimum atomic E-state index is -0.593. The fourth-order valence-corrected chi connectivity index (χ4v) is 3.17. The average molecular weight is 397 g/mol. The third-order valence-electron chi connectivity index (χ3n) is 4.94. The molecule has 7 heteroatoms. The van der Waals surface area contributed by atoms with Crippen LogP contribution in [0, 0.1) is 18.7 Å². The molecule has 1 aliphatic rings. The molecular formula is C22H24FN3O3. The topological polar surface area (TPSA) is 69.7 Å². The second-order valence-corrected chi connectivity index (χ2v) is 7.36. The average Bonchev–Trinajstić information content (AvgIpc) is 2.71. The second kappa shape index (κ2) is 8.86. The van der Waals surface area contributed by atoms with Crippen molar-refractivity contribution < 1.29 is 18.8 Å². The van der Waals surface area contributed by atoms with Crippen molar-refractivity contribution in [1.29, 1.82) is 0 Å². The number of carbonyl (C=O) groups is 3. The lowest BCUT2D eigenvalue weighted by atomic mass is 10.1. The summed E-state index contributed by atoms with van der Waals surface area (Å²) < 4.78 is 13.0. The van der Waals surface area contributed by atoms with Crippen LogP contribution in [0.25, 0.3) is 0 Å². The van der Waals surface area contributed by atoms with Crippen molar-refractivity contribution in [1.82, 2.24) is 9.80 Å². The standard InChI is InChI=1S/C22H24FN3O3/c1-15-3-5-17(6-4-15)14-26-12-11-25(21(28)22(26)29)13-16(2)20(27)24-19-9-7-18(23)8-10-19/h3-10,16H,11-14H2,1-2H3,(H,24,27). The maximum atomic E-state index is 13.0. The summed E-state index contributed by atoms with van der Waals surface area (Å²) in [6.07, 6.45) is 0. The van der Waals surface area contributed by atoms with E-state index in [0.29, 0.717) is 25.3 Å². The number of halogens is 1. The van der Waals surface area contributed by atoms with Gasteiger partial charge in [0.25, 0.3) is 0 Å². The molecule has 0 aliphatic carbocycles. The second-order valence-electron chi connectivity index (χ2n) is 7.36. The summed E-state index contributed by atoms with van der Waals surface area (Å²) in [6.45, 7) is 5.02. The summed E-state index contributed by atoms with van der Waals surface area (Å²) in [5.41, 5.74) is 2.58. The zero-order chi connectivity index (χ0) is 21.0. The number of hydrogen-bond donors (Lipinski definition) is 1. The summed E-state index contributed by atoms with van der Waals surface area (Å²) in [6, 6.07) is 13.3. The molecule has 1 atom stereocenters. The van der Waals surface area contributed by atoms with Crippen molar-refractivity contribution in [2.75, 3.05) is 25.0 Å². The van der Waals surface area contributed by atoms with E-state index in [1.54, 1.807) is 6.92 Å². The monoisotopic (exact) mass is 397 g/mol. The zero-order valence-corrected chi connectivity index (χ0v) is 16.5. The van der Waals surface area contributed by atoms with Gasteiger partial charge in [-0.2, -0.15) is 0 Å². The van der Waals surface area contributed by atoms with E-state index in [1.807, 2.05) is 31.2 Å². The Labute approximate surface area is 169 Å². The minimum Gasteiger partial charge on any atom is -0.332 e. The molecule has 1 heterocycles. The molecule has 1 saturated heterocycles. The smallest absolute Gasteiger partial charge is 0.312 e. The van der Waals surface area contributed by atoms with E-state index >= 15 is 0 Å². The van der Waals surface area contributed by atoms with Gasteiger partial charge in [0, 0.05) is 31.9 Å². The number of amides is 3. The molecule has 1 unspecified atom stereocenters. The van der Waals surface area contributed by atoms with Gasteiger partial charge >= 0.3 is 11.8 Å². The number of hydrogen-bond acceptors (Lipinski definition) is 3. The predicted molar refractivity (Wildman–Crippen MR) is 107 cm³/mol. The molecule has 3 rings (SSSR count). The molecule has 0 bridgehead atoms. The van der Waals surface area contributed by atoms with Gasteiger partial charge in [-0.1, -0.05) is 36.8 Å². The van der Waals surface area contributed by atoms with Crippen LogP contribution in [0.4, 0.5) is 10.1 Å². The molecule has 0 spiro atoms. The fourth-order valence-electron chi connectivity index (χ4n) is 3.17.